The van der Waals surface area contributed by atoms with Crippen LogP contribution < -0.4 is 10.1 Å². The summed E-state index contributed by atoms with van der Waals surface area (Å²) in [5.41, 5.74) is 2.47. The van der Waals surface area contributed by atoms with E-state index in [0.717, 1.165) is 37.7 Å². The van der Waals surface area contributed by atoms with Crippen molar-refractivity contribution >= 4 is 23.6 Å². The molecule has 0 unspecified atom stereocenters. The summed E-state index contributed by atoms with van der Waals surface area (Å²) in [6.45, 7) is 1.13. The van der Waals surface area contributed by atoms with Crippen molar-refractivity contribution in [1.82, 2.24) is 9.80 Å². The number of fused-ring (bicyclic) bond motifs is 1. The molecule has 3 amide bonds. The fourth-order valence-corrected chi connectivity index (χ4v) is 5.49. The number of ether oxygens (including phenoxy) is 2. The molecular weight excluding hydrogens is 540 g/mol. The normalized spacial score (nSPS) is 14.7. The van der Waals surface area contributed by atoms with Gasteiger partial charge < -0.3 is 34.8 Å². The van der Waals surface area contributed by atoms with Gasteiger partial charge in [0.1, 0.15) is 11.4 Å². The van der Waals surface area contributed by atoms with Gasteiger partial charge in [0, 0.05) is 25.7 Å². The first-order chi connectivity index (χ1) is 20.4. The van der Waals surface area contributed by atoms with Gasteiger partial charge in [-0.3, -0.25) is 9.59 Å². The number of hydrogen-bond acceptors (Lipinski definition) is 7. The van der Waals surface area contributed by atoms with Crippen LogP contribution in [0.25, 0.3) is 0 Å². The fraction of sp³-hybridized carbons (Fsp3) is 0.484. The Morgan fingerprint density at radius 1 is 1.07 bits per heavy atom. The van der Waals surface area contributed by atoms with Gasteiger partial charge in [0.25, 0.3) is 5.91 Å². The number of carbonyl (C=O) groups excluding carboxylic acids is 2. The molecule has 0 saturated heterocycles. The van der Waals surface area contributed by atoms with Gasteiger partial charge in [-0.2, -0.15) is 5.26 Å². The Morgan fingerprint density at radius 3 is 2.64 bits per heavy atom. The molecule has 0 atom stereocenters. The highest BCUT2D eigenvalue weighted by Crippen LogP contribution is 2.39. The minimum atomic E-state index is -1.09. The molecule has 1 saturated carbocycles. The number of phenols is 1. The van der Waals surface area contributed by atoms with E-state index in [4.69, 9.17) is 14.7 Å². The quantitative estimate of drug-likeness (QED) is 0.239. The summed E-state index contributed by atoms with van der Waals surface area (Å²) >= 11 is 0. The van der Waals surface area contributed by atoms with Gasteiger partial charge in [-0.15, -0.1) is 0 Å². The van der Waals surface area contributed by atoms with Crippen molar-refractivity contribution in [2.24, 2.45) is 0 Å². The van der Waals surface area contributed by atoms with Crippen LogP contribution in [-0.2, 0) is 27.2 Å². The molecule has 11 heteroatoms. The number of nitrogens with one attached hydrogen (secondary N) is 1. The SMILES string of the molecule is N#Cc1cccc(CCOCCC(=O)N(CCN(CCc2ccc(O)c3c2OCC(=O)N3)C(=O)O)C2CCCCC2)c1. The molecule has 4 rings (SSSR count). The molecule has 2 aromatic rings. The van der Waals surface area contributed by atoms with Gasteiger partial charge >= 0.3 is 6.09 Å². The average molecular weight is 579 g/mol. The Balaban J connectivity index is 1.31. The van der Waals surface area contributed by atoms with Crippen LogP contribution in [0.4, 0.5) is 10.5 Å². The second kappa shape index (κ2) is 15.1. The summed E-state index contributed by atoms with van der Waals surface area (Å²) in [5, 5.41) is 31.7. The maximum Gasteiger partial charge on any atom is 0.407 e. The molecule has 0 spiro atoms. The van der Waals surface area contributed by atoms with Crippen molar-refractivity contribution in [3.8, 4) is 17.6 Å². The van der Waals surface area contributed by atoms with Gasteiger partial charge in [0.15, 0.2) is 12.4 Å². The molecule has 1 fully saturated rings. The van der Waals surface area contributed by atoms with E-state index in [1.807, 2.05) is 23.1 Å². The van der Waals surface area contributed by atoms with Crippen LogP contribution in [0.1, 0.15) is 55.2 Å². The van der Waals surface area contributed by atoms with Crippen LogP contribution in [-0.4, -0.2) is 83.4 Å². The molecule has 0 radical (unpaired) electrons. The molecule has 1 heterocycles. The first-order valence-electron chi connectivity index (χ1n) is 14.5. The summed E-state index contributed by atoms with van der Waals surface area (Å²) in [6.07, 6.45) is 5.10. The number of amides is 3. The van der Waals surface area contributed by atoms with Gasteiger partial charge in [-0.05, 0) is 55.0 Å². The Hall–Kier alpha value is -4.30. The summed E-state index contributed by atoms with van der Waals surface area (Å²) in [5.74, 6) is -0.187. The lowest BCUT2D eigenvalue weighted by Gasteiger charge is -2.36. The minimum absolute atomic E-state index is 0.0459. The van der Waals surface area contributed by atoms with Crippen LogP contribution in [0.15, 0.2) is 36.4 Å². The molecular formula is C31H38N4O7. The topological polar surface area (TPSA) is 152 Å². The molecule has 2 aromatic carbocycles. The third-order valence-electron chi connectivity index (χ3n) is 7.75. The second-order valence-corrected chi connectivity index (χ2v) is 10.6. The molecule has 42 heavy (non-hydrogen) atoms. The third kappa shape index (κ3) is 8.36. The first kappa shape index (κ1) is 30.7. The summed E-state index contributed by atoms with van der Waals surface area (Å²) < 4.78 is 11.3. The first-order valence-corrected chi connectivity index (χ1v) is 14.5. The van der Waals surface area contributed by atoms with Crippen LogP contribution in [0.3, 0.4) is 0 Å². The van der Waals surface area contributed by atoms with Crippen molar-refractivity contribution in [3.63, 3.8) is 0 Å². The zero-order chi connectivity index (χ0) is 29.9. The van der Waals surface area contributed by atoms with Crippen molar-refractivity contribution in [1.29, 1.82) is 5.26 Å². The summed E-state index contributed by atoms with van der Waals surface area (Å²) in [7, 11) is 0. The maximum absolute atomic E-state index is 13.3. The number of hydrogen-bond donors (Lipinski definition) is 3. The molecule has 2 aliphatic rings. The number of anilines is 1. The van der Waals surface area contributed by atoms with E-state index in [2.05, 4.69) is 11.4 Å². The largest absolute Gasteiger partial charge is 0.506 e. The number of rotatable bonds is 13. The average Bonchev–Trinajstić information content (AvgIpc) is 3.00. The zero-order valence-electron chi connectivity index (χ0n) is 23.7. The number of benzene rings is 2. The molecule has 0 aromatic heterocycles. The predicted molar refractivity (Wildman–Crippen MR) is 154 cm³/mol. The Labute approximate surface area is 245 Å². The molecule has 3 N–H and O–H groups in total. The number of carboxylic acid groups (broad SMARTS) is 1. The molecule has 0 bridgehead atoms. The highest BCUT2D eigenvalue weighted by atomic mass is 16.5. The van der Waals surface area contributed by atoms with Crippen molar-refractivity contribution in [3.05, 3.63) is 53.1 Å². The van der Waals surface area contributed by atoms with E-state index in [9.17, 15) is 24.6 Å². The van der Waals surface area contributed by atoms with Crippen molar-refractivity contribution in [2.75, 3.05) is 44.8 Å². The second-order valence-electron chi connectivity index (χ2n) is 10.6. The van der Waals surface area contributed by atoms with Gasteiger partial charge in [0.05, 0.1) is 31.3 Å². The van der Waals surface area contributed by atoms with Crippen LogP contribution >= 0.6 is 0 Å². The number of carbonyl (C=O) groups is 3. The molecule has 224 valence electrons. The predicted octanol–water partition coefficient (Wildman–Crippen LogP) is 3.93. The Morgan fingerprint density at radius 2 is 1.88 bits per heavy atom. The Bertz CT molecular complexity index is 1300. The van der Waals surface area contributed by atoms with Gasteiger partial charge in [-0.1, -0.05) is 37.5 Å². The van der Waals surface area contributed by atoms with E-state index < -0.39 is 6.09 Å². The van der Waals surface area contributed by atoms with E-state index in [1.54, 1.807) is 12.1 Å². The van der Waals surface area contributed by atoms with Crippen LogP contribution in [0, 0.1) is 11.3 Å². The standard InChI is InChI=1S/C31H38N4O7/c32-20-23-6-4-5-22(19-23)12-17-41-18-13-28(38)35(25-7-2-1-3-8-25)16-15-34(31(39)40)14-11-24-9-10-26(36)29-30(24)42-21-27(37)33-29/h4-6,9-10,19,25,36H,1-3,7-8,11-18,21H2,(H,33,37)(H,39,40). The van der Waals surface area contributed by atoms with Crippen molar-refractivity contribution in [2.45, 2.75) is 57.4 Å². The lowest BCUT2D eigenvalue weighted by molar-refractivity contribution is -0.135. The number of nitriles is 1. The number of phenolic OH excluding ortho intramolecular Hbond substituents is 1. The van der Waals surface area contributed by atoms with Gasteiger partial charge in [-0.25, -0.2) is 4.79 Å². The monoisotopic (exact) mass is 578 g/mol. The van der Waals surface area contributed by atoms with E-state index in [0.29, 0.717) is 36.3 Å². The lowest BCUT2D eigenvalue weighted by atomic mass is 9.94. The van der Waals surface area contributed by atoms with E-state index in [-0.39, 0.29) is 68.6 Å². The molecule has 11 nitrogen and oxygen atoms in total. The zero-order valence-corrected chi connectivity index (χ0v) is 23.7. The summed E-state index contributed by atoms with van der Waals surface area (Å²) in [4.78, 5) is 40.2. The van der Waals surface area contributed by atoms with Crippen LogP contribution in [0.5, 0.6) is 11.5 Å². The number of nitrogens with zero attached hydrogens (tertiary/aromatic N) is 3. The van der Waals surface area contributed by atoms with E-state index in [1.165, 1.54) is 11.0 Å². The van der Waals surface area contributed by atoms with Crippen LogP contribution in [0.2, 0.25) is 0 Å². The van der Waals surface area contributed by atoms with E-state index >= 15 is 0 Å². The number of aromatic hydroxyl groups is 1. The minimum Gasteiger partial charge on any atom is -0.506 e. The van der Waals surface area contributed by atoms with Crippen molar-refractivity contribution < 1.29 is 34.1 Å². The maximum atomic E-state index is 13.3. The summed E-state index contributed by atoms with van der Waals surface area (Å²) in [6, 6.07) is 12.7. The molecule has 1 aliphatic carbocycles. The third-order valence-corrected chi connectivity index (χ3v) is 7.75. The highest BCUT2D eigenvalue weighted by molar-refractivity contribution is 5.97. The van der Waals surface area contributed by atoms with Gasteiger partial charge in [0.2, 0.25) is 5.91 Å². The lowest BCUT2D eigenvalue weighted by Crippen LogP contribution is -2.47. The Kier molecular flexibility index (Phi) is 11.0. The smallest absolute Gasteiger partial charge is 0.407 e. The fourth-order valence-electron chi connectivity index (χ4n) is 5.49. The highest BCUT2D eigenvalue weighted by Gasteiger charge is 2.27. The molecule has 1 aliphatic heterocycles.